The van der Waals surface area contributed by atoms with E-state index in [0.717, 1.165) is 31.4 Å². The van der Waals surface area contributed by atoms with Crippen LogP contribution in [0.25, 0.3) is 11.5 Å². The van der Waals surface area contributed by atoms with Gasteiger partial charge in [0.2, 0.25) is 5.91 Å². The van der Waals surface area contributed by atoms with E-state index >= 15 is 0 Å². The number of halogens is 1. The highest BCUT2D eigenvalue weighted by Crippen LogP contribution is 2.34. The van der Waals surface area contributed by atoms with Gasteiger partial charge < -0.3 is 19.2 Å². The molecule has 184 valence electrons. The summed E-state index contributed by atoms with van der Waals surface area (Å²) in [7, 11) is 0. The predicted octanol–water partition coefficient (Wildman–Crippen LogP) is 5.53. The standard InChI is InChI=1S/C28H32FN3O3/c1-28(27(34)30-22-11-5-3-2-4-6-12-22)19-31-23(25-13-8-16-35-25)14-15-24(31)26(33)32(28)18-20-9-7-10-21(29)17-20/h7-10,13-17,22H,2-6,11-12,18-19H2,1H3,(H,30,34)/t28-/m1/s1. The van der Waals surface area contributed by atoms with E-state index in [-0.39, 0.29) is 36.8 Å². The van der Waals surface area contributed by atoms with Gasteiger partial charge in [-0.2, -0.15) is 0 Å². The van der Waals surface area contributed by atoms with E-state index in [1.54, 1.807) is 35.4 Å². The lowest BCUT2D eigenvalue weighted by atomic mass is 9.91. The Balaban J connectivity index is 1.50. The van der Waals surface area contributed by atoms with Gasteiger partial charge in [-0.05, 0) is 61.7 Å². The van der Waals surface area contributed by atoms with Crippen LogP contribution in [0.3, 0.4) is 0 Å². The molecule has 0 radical (unpaired) electrons. The van der Waals surface area contributed by atoms with Crippen LogP contribution < -0.4 is 5.32 Å². The zero-order valence-electron chi connectivity index (χ0n) is 20.1. The number of carbonyl (C=O) groups excluding carboxylic acids is 2. The molecule has 0 saturated heterocycles. The lowest BCUT2D eigenvalue weighted by Gasteiger charge is -2.45. The first-order chi connectivity index (χ1) is 17.0. The highest BCUT2D eigenvalue weighted by Gasteiger charge is 2.48. The van der Waals surface area contributed by atoms with Gasteiger partial charge in [0, 0.05) is 12.6 Å². The number of hydrogen-bond acceptors (Lipinski definition) is 3. The van der Waals surface area contributed by atoms with Gasteiger partial charge in [0.15, 0.2) is 0 Å². The number of amides is 2. The summed E-state index contributed by atoms with van der Waals surface area (Å²) < 4.78 is 21.4. The van der Waals surface area contributed by atoms with E-state index in [2.05, 4.69) is 5.32 Å². The third kappa shape index (κ3) is 4.64. The van der Waals surface area contributed by atoms with Gasteiger partial charge in [0.1, 0.15) is 22.8 Å². The van der Waals surface area contributed by atoms with Crippen molar-refractivity contribution in [3.05, 3.63) is 71.9 Å². The SMILES string of the molecule is C[C@]1(C(=O)NC2CCCCCCC2)Cn2c(ccc2-c2ccco2)C(=O)N1Cc1cccc(F)c1. The Kier molecular flexibility index (Phi) is 6.50. The fourth-order valence-corrected chi connectivity index (χ4v) is 5.42. The maximum atomic E-state index is 14.0. The van der Waals surface area contributed by atoms with Crippen LogP contribution in [0.2, 0.25) is 0 Å². The van der Waals surface area contributed by atoms with Crippen LogP contribution in [-0.4, -0.2) is 32.9 Å². The molecule has 1 fully saturated rings. The molecule has 1 N–H and O–H groups in total. The molecule has 5 rings (SSSR count). The molecule has 1 aliphatic carbocycles. The molecule has 7 heteroatoms. The van der Waals surface area contributed by atoms with Crippen LogP contribution in [-0.2, 0) is 17.9 Å². The summed E-state index contributed by atoms with van der Waals surface area (Å²) in [5, 5.41) is 3.28. The first-order valence-corrected chi connectivity index (χ1v) is 12.6. The van der Waals surface area contributed by atoms with E-state index in [1.807, 2.05) is 23.6 Å². The Labute approximate surface area is 205 Å². The molecule has 3 heterocycles. The number of benzene rings is 1. The summed E-state index contributed by atoms with van der Waals surface area (Å²) in [5.41, 5.74) is 0.742. The number of hydrogen-bond donors (Lipinski definition) is 1. The maximum Gasteiger partial charge on any atom is 0.271 e. The molecule has 1 saturated carbocycles. The molecule has 1 atom stereocenters. The minimum Gasteiger partial charge on any atom is -0.463 e. The molecular formula is C28H32FN3O3. The number of fused-ring (bicyclic) bond motifs is 1. The van der Waals surface area contributed by atoms with Crippen molar-refractivity contribution < 1.29 is 18.4 Å². The van der Waals surface area contributed by atoms with Crippen molar-refractivity contribution in [1.29, 1.82) is 0 Å². The number of rotatable bonds is 5. The third-order valence-electron chi connectivity index (χ3n) is 7.44. The summed E-state index contributed by atoms with van der Waals surface area (Å²) >= 11 is 0. The second-order valence-corrected chi connectivity index (χ2v) is 9.98. The Bertz CT molecular complexity index is 1190. The highest BCUT2D eigenvalue weighted by molar-refractivity contribution is 6.00. The van der Waals surface area contributed by atoms with Crippen LogP contribution in [0.1, 0.15) is 67.9 Å². The number of carbonyl (C=O) groups is 2. The smallest absolute Gasteiger partial charge is 0.271 e. The molecule has 1 aromatic carbocycles. The normalized spacial score (nSPS) is 21.3. The Hall–Kier alpha value is -3.35. The molecule has 2 aliphatic rings. The van der Waals surface area contributed by atoms with Gasteiger partial charge in [-0.1, -0.05) is 44.2 Å². The van der Waals surface area contributed by atoms with Gasteiger partial charge >= 0.3 is 0 Å². The van der Waals surface area contributed by atoms with E-state index in [4.69, 9.17) is 4.42 Å². The molecular weight excluding hydrogens is 445 g/mol. The zero-order valence-corrected chi connectivity index (χ0v) is 20.1. The monoisotopic (exact) mass is 477 g/mol. The fraction of sp³-hybridized carbons (Fsp3) is 0.429. The van der Waals surface area contributed by atoms with Crippen LogP contribution in [0, 0.1) is 5.82 Å². The quantitative estimate of drug-likeness (QED) is 0.525. The number of nitrogens with one attached hydrogen (secondary N) is 1. The summed E-state index contributed by atoms with van der Waals surface area (Å²) in [6.45, 7) is 2.24. The van der Waals surface area contributed by atoms with Crippen LogP contribution in [0.5, 0.6) is 0 Å². The molecule has 0 unspecified atom stereocenters. The highest BCUT2D eigenvalue weighted by atomic mass is 19.1. The summed E-state index contributed by atoms with van der Waals surface area (Å²) in [6.07, 6.45) is 9.31. The van der Waals surface area contributed by atoms with E-state index < -0.39 is 5.54 Å². The largest absolute Gasteiger partial charge is 0.463 e. The van der Waals surface area contributed by atoms with Crippen molar-refractivity contribution in [3.8, 4) is 11.5 Å². The first kappa shape index (κ1) is 23.4. The maximum absolute atomic E-state index is 14.0. The van der Waals surface area contributed by atoms with E-state index in [0.29, 0.717) is 17.0 Å². The van der Waals surface area contributed by atoms with Crippen LogP contribution >= 0.6 is 0 Å². The average Bonchev–Trinajstić information content (AvgIpc) is 3.48. The topological polar surface area (TPSA) is 67.5 Å². The van der Waals surface area contributed by atoms with Crippen LogP contribution in [0.4, 0.5) is 4.39 Å². The molecule has 3 aromatic rings. The van der Waals surface area contributed by atoms with Gasteiger partial charge in [-0.25, -0.2) is 4.39 Å². The Morgan fingerprint density at radius 1 is 1.06 bits per heavy atom. The van der Waals surface area contributed by atoms with Crippen molar-refractivity contribution in [2.75, 3.05) is 0 Å². The van der Waals surface area contributed by atoms with Gasteiger partial charge in [-0.3, -0.25) is 9.59 Å². The van der Waals surface area contributed by atoms with Crippen molar-refractivity contribution in [3.63, 3.8) is 0 Å². The van der Waals surface area contributed by atoms with Crippen molar-refractivity contribution in [2.45, 2.75) is 76.5 Å². The molecule has 1 aliphatic heterocycles. The zero-order chi connectivity index (χ0) is 24.4. The minimum atomic E-state index is -1.15. The summed E-state index contributed by atoms with van der Waals surface area (Å²) in [4.78, 5) is 29.3. The van der Waals surface area contributed by atoms with Crippen molar-refractivity contribution in [1.82, 2.24) is 14.8 Å². The number of furan rings is 1. The van der Waals surface area contributed by atoms with Crippen molar-refractivity contribution >= 4 is 11.8 Å². The van der Waals surface area contributed by atoms with E-state index in [1.165, 1.54) is 31.4 Å². The number of nitrogens with zero attached hydrogens (tertiary/aromatic N) is 2. The lowest BCUT2D eigenvalue weighted by Crippen LogP contribution is -2.64. The third-order valence-corrected chi connectivity index (χ3v) is 7.44. The van der Waals surface area contributed by atoms with Gasteiger partial charge in [-0.15, -0.1) is 0 Å². The molecule has 0 bridgehead atoms. The number of aromatic nitrogens is 1. The Morgan fingerprint density at radius 3 is 2.51 bits per heavy atom. The second-order valence-electron chi connectivity index (χ2n) is 9.98. The average molecular weight is 478 g/mol. The predicted molar refractivity (Wildman–Crippen MR) is 131 cm³/mol. The first-order valence-electron chi connectivity index (χ1n) is 12.6. The van der Waals surface area contributed by atoms with Crippen molar-refractivity contribution in [2.24, 2.45) is 0 Å². The summed E-state index contributed by atoms with van der Waals surface area (Å²) in [5.74, 6) is -0.146. The molecule has 35 heavy (non-hydrogen) atoms. The van der Waals surface area contributed by atoms with Crippen LogP contribution in [0.15, 0.2) is 59.2 Å². The molecule has 2 amide bonds. The molecule has 6 nitrogen and oxygen atoms in total. The van der Waals surface area contributed by atoms with Gasteiger partial charge in [0.05, 0.1) is 18.5 Å². The van der Waals surface area contributed by atoms with E-state index in [9.17, 15) is 14.0 Å². The summed E-state index contributed by atoms with van der Waals surface area (Å²) in [6, 6.07) is 13.6. The fourth-order valence-electron chi connectivity index (χ4n) is 5.42. The minimum absolute atomic E-state index is 0.0985. The molecule has 2 aromatic heterocycles. The Morgan fingerprint density at radius 2 is 1.80 bits per heavy atom. The molecule has 0 spiro atoms. The van der Waals surface area contributed by atoms with Gasteiger partial charge in [0.25, 0.3) is 5.91 Å². The second kappa shape index (κ2) is 9.72. The lowest BCUT2D eigenvalue weighted by molar-refractivity contribution is -0.134.